The Morgan fingerprint density at radius 3 is 2.33 bits per heavy atom. The maximum Gasteiger partial charge on any atom is 0.147 e. The van der Waals surface area contributed by atoms with Crippen LogP contribution in [0, 0.1) is 11.8 Å². The Balaban J connectivity index is 2.45. The van der Waals surface area contributed by atoms with Crippen LogP contribution < -0.4 is 0 Å². The van der Waals surface area contributed by atoms with Gasteiger partial charge >= 0.3 is 0 Å². The van der Waals surface area contributed by atoms with Crippen LogP contribution in [0.15, 0.2) is 0 Å². The predicted octanol–water partition coefficient (Wildman–Crippen LogP) is 0.440. The molecule has 0 radical (unpaired) electrons. The summed E-state index contributed by atoms with van der Waals surface area (Å²) in [5.41, 5.74) is 0. The first-order valence-electron chi connectivity index (χ1n) is 4.31. The quantitative estimate of drug-likeness (QED) is 0.703. The summed E-state index contributed by atoms with van der Waals surface area (Å²) in [6, 6.07) is 0. The van der Waals surface area contributed by atoms with E-state index in [0.29, 0.717) is 5.92 Å². The summed E-state index contributed by atoms with van der Waals surface area (Å²) >= 11 is 0. The topological polar surface area (TPSA) is 54.4 Å². The van der Waals surface area contributed by atoms with Crippen LogP contribution in [0.4, 0.5) is 0 Å². The lowest BCUT2D eigenvalue weighted by Gasteiger charge is -2.32. The van der Waals surface area contributed by atoms with E-state index in [1.54, 1.807) is 0 Å². The van der Waals surface area contributed by atoms with E-state index >= 15 is 0 Å². The Morgan fingerprint density at radius 2 is 2.08 bits per heavy atom. The van der Waals surface area contributed by atoms with Crippen LogP contribution in [0.3, 0.4) is 0 Å². The van der Waals surface area contributed by atoms with Crippen molar-refractivity contribution in [3.63, 3.8) is 0 Å². The van der Waals surface area contributed by atoms with Crippen molar-refractivity contribution in [3.8, 4) is 0 Å². The number of aliphatic hydroxyl groups excluding tert-OH is 1. The molecule has 0 aromatic rings. The molecule has 0 amide bonds. The normalized spacial score (nSPS) is 21.8. The fourth-order valence-electron chi connectivity index (χ4n) is 1.64. The van der Waals surface area contributed by atoms with E-state index in [4.69, 9.17) is 5.11 Å². The van der Waals surface area contributed by atoms with Crippen molar-refractivity contribution in [3.05, 3.63) is 0 Å². The highest BCUT2D eigenvalue weighted by Crippen LogP contribution is 2.33. The van der Waals surface area contributed by atoms with E-state index < -0.39 is 9.84 Å². The summed E-state index contributed by atoms with van der Waals surface area (Å²) in [5.74, 6) is 0.576. The zero-order valence-electron chi connectivity index (χ0n) is 7.36. The third kappa shape index (κ3) is 2.75. The first-order chi connectivity index (χ1) is 5.53. The second-order valence-electron chi connectivity index (χ2n) is 3.73. The highest BCUT2D eigenvalue weighted by atomic mass is 32.2. The lowest BCUT2D eigenvalue weighted by atomic mass is 9.77. The number of hydrogen-bond donors (Lipinski definition) is 1. The van der Waals surface area contributed by atoms with Gasteiger partial charge in [0.15, 0.2) is 0 Å². The molecule has 0 heterocycles. The monoisotopic (exact) mass is 192 g/mol. The van der Waals surface area contributed by atoms with E-state index in [2.05, 4.69) is 0 Å². The largest absolute Gasteiger partial charge is 0.396 e. The highest BCUT2D eigenvalue weighted by Gasteiger charge is 2.28. The van der Waals surface area contributed by atoms with Crippen LogP contribution in [0.5, 0.6) is 0 Å². The molecule has 1 saturated carbocycles. The minimum absolute atomic E-state index is 0.0116. The molecule has 1 N–H and O–H groups in total. The SMILES string of the molecule is CS(=O)(=O)CC(CO)C1CCC1. The Kier molecular flexibility index (Phi) is 3.12. The fraction of sp³-hybridized carbons (Fsp3) is 1.00. The van der Waals surface area contributed by atoms with E-state index in [1.807, 2.05) is 0 Å². The molecule has 1 aliphatic carbocycles. The highest BCUT2D eigenvalue weighted by molar-refractivity contribution is 7.90. The molecule has 1 atom stereocenters. The Hall–Kier alpha value is -0.0900. The molecule has 1 rings (SSSR count). The zero-order valence-corrected chi connectivity index (χ0v) is 8.18. The molecule has 0 aromatic heterocycles. The van der Waals surface area contributed by atoms with Crippen molar-refractivity contribution in [1.82, 2.24) is 0 Å². The van der Waals surface area contributed by atoms with Gasteiger partial charge in [-0.1, -0.05) is 19.3 Å². The van der Waals surface area contributed by atoms with Gasteiger partial charge in [-0.05, 0) is 11.8 Å². The van der Waals surface area contributed by atoms with E-state index in [1.165, 1.54) is 12.7 Å². The minimum atomic E-state index is -2.92. The summed E-state index contributed by atoms with van der Waals surface area (Å²) in [6.45, 7) is 0.0116. The van der Waals surface area contributed by atoms with Crippen molar-refractivity contribution in [2.75, 3.05) is 18.6 Å². The van der Waals surface area contributed by atoms with Gasteiger partial charge in [-0.3, -0.25) is 0 Å². The molecule has 4 heteroatoms. The van der Waals surface area contributed by atoms with Crippen LogP contribution in [0.1, 0.15) is 19.3 Å². The third-order valence-electron chi connectivity index (χ3n) is 2.57. The second kappa shape index (κ2) is 3.75. The van der Waals surface area contributed by atoms with Gasteiger partial charge in [-0.15, -0.1) is 0 Å². The molecule has 0 bridgehead atoms. The summed E-state index contributed by atoms with van der Waals surface area (Å²) < 4.78 is 21.9. The van der Waals surface area contributed by atoms with E-state index in [0.717, 1.165) is 12.8 Å². The van der Waals surface area contributed by atoms with Crippen molar-refractivity contribution < 1.29 is 13.5 Å². The van der Waals surface area contributed by atoms with Gasteiger partial charge in [-0.2, -0.15) is 0 Å². The number of rotatable bonds is 4. The first kappa shape index (κ1) is 9.99. The second-order valence-corrected chi connectivity index (χ2v) is 5.91. The van der Waals surface area contributed by atoms with Gasteiger partial charge in [0.25, 0.3) is 0 Å². The molecule has 3 nitrogen and oxygen atoms in total. The van der Waals surface area contributed by atoms with Crippen molar-refractivity contribution in [1.29, 1.82) is 0 Å². The molecule has 0 aromatic carbocycles. The third-order valence-corrected chi connectivity index (χ3v) is 3.60. The average Bonchev–Trinajstić information content (AvgIpc) is 1.79. The van der Waals surface area contributed by atoms with Crippen molar-refractivity contribution in [2.24, 2.45) is 11.8 Å². The van der Waals surface area contributed by atoms with Crippen LogP contribution in [-0.2, 0) is 9.84 Å². The Labute approximate surface area is 73.7 Å². The van der Waals surface area contributed by atoms with Gasteiger partial charge in [0, 0.05) is 12.9 Å². The molecule has 12 heavy (non-hydrogen) atoms. The van der Waals surface area contributed by atoms with Gasteiger partial charge in [0.2, 0.25) is 0 Å². The Morgan fingerprint density at radius 1 is 1.50 bits per heavy atom. The van der Waals surface area contributed by atoms with E-state index in [-0.39, 0.29) is 18.3 Å². The van der Waals surface area contributed by atoms with Crippen LogP contribution in [0.2, 0.25) is 0 Å². The summed E-state index contributed by atoms with van der Waals surface area (Å²) in [5, 5.41) is 8.96. The molecule has 0 spiro atoms. The lowest BCUT2D eigenvalue weighted by molar-refractivity contribution is 0.138. The smallest absolute Gasteiger partial charge is 0.147 e. The molecule has 72 valence electrons. The average molecular weight is 192 g/mol. The molecular formula is C8H16O3S. The minimum Gasteiger partial charge on any atom is -0.396 e. The van der Waals surface area contributed by atoms with Crippen molar-refractivity contribution in [2.45, 2.75) is 19.3 Å². The zero-order chi connectivity index (χ0) is 9.19. The van der Waals surface area contributed by atoms with Crippen molar-refractivity contribution >= 4 is 9.84 Å². The number of hydrogen-bond acceptors (Lipinski definition) is 3. The molecule has 0 saturated heterocycles. The molecule has 1 unspecified atom stereocenters. The fourth-order valence-corrected chi connectivity index (χ4v) is 2.79. The summed E-state index contributed by atoms with van der Waals surface area (Å²) in [4.78, 5) is 0. The summed E-state index contributed by atoms with van der Waals surface area (Å²) in [7, 11) is -2.92. The summed E-state index contributed by atoms with van der Waals surface area (Å²) in [6.07, 6.45) is 4.58. The van der Waals surface area contributed by atoms with Crippen LogP contribution >= 0.6 is 0 Å². The predicted molar refractivity (Wildman–Crippen MR) is 47.6 cm³/mol. The van der Waals surface area contributed by atoms with Gasteiger partial charge in [-0.25, -0.2) is 8.42 Å². The van der Waals surface area contributed by atoms with E-state index in [9.17, 15) is 8.42 Å². The Bertz CT molecular complexity index is 229. The maximum absolute atomic E-state index is 10.9. The van der Waals surface area contributed by atoms with Crippen LogP contribution in [0.25, 0.3) is 0 Å². The standard InChI is InChI=1S/C8H16O3S/c1-12(10,11)6-8(5-9)7-3-2-4-7/h7-9H,2-6H2,1H3. The van der Waals surface area contributed by atoms with Gasteiger partial charge in [0.05, 0.1) is 5.75 Å². The molecule has 0 aliphatic heterocycles. The molecular weight excluding hydrogens is 176 g/mol. The molecule has 1 fully saturated rings. The number of aliphatic hydroxyl groups is 1. The molecule has 1 aliphatic rings. The first-order valence-corrected chi connectivity index (χ1v) is 6.37. The number of sulfone groups is 1. The van der Waals surface area contributed by atoms with Crippen LogP contribution in [-0.4, -0.2) is 32.1 Å². The van der Waals surface area contributed by atoms with Gasteiger partial charge < -0.3 is 5.11 Å². The lowest BCUT2D eigenvalue weighted by Crippen LogP contribution is -2.30. The maximum atomic E-state index is 10.9. The van der Waals surface area contributed by atoms with Gasteiger partial charge in [0.1, 0.15) is 9.84 Å².